The van der Waals surface area contributed by atoms with E-state index in [1.54, 1.807) is 12.1 Å². The molecule has 2 aromatic rings. The molecule has 7 nitrogen and oxygen atoms in total. The van der Waals surface area contributed by atoms with Gasteiger partial charge in [-0.1, -0.05) is 12.0 Å². The number of nitriles is 1. The normalized spacial score (nSPS) is 10.5. The van der Waals surface area contributed by atoms with Crippen LogP contribution in [0, 0.1) is 27.2 Å². The van der Waals surface area contributed by atoms with Crippen molar-refractivity contribution in [1.29, 1.82) is 5.26 Å². The number of nitrogens with one attached hydrogen (secondary N) is 1. The Bertz CT molecular complexity index is 1080. The Hall–Kier alpha value is -3.50. The number of hydrogen-bond donors (Lipinski definition) is 2. The van der Waals surface area contributed by atoms with Gasteiger partial charge in [-0.25, -0.2) is 4.79 Å². The van der Waals surface area contributed by atoms with Crippen molar-refractivity contribution in [2.45, 2.75) is 6.92 Å². The van der Waals surface area contributed by atoms with Gasteiger partial charge >= 0.3 is 5.97 Å². The first-order valence-electron chi connectivity index (χ1n) is 8.68. The molecule has 152 valence electrons. The molecule has 2 aromatic carbocycles. The van der Waals surface area contributed by atoms with Crippen LogP contribution in [0.4, 0.5) is 5.69 Å². The molecule has 0 fully saturated rings. The number of aromatic carboxylic acids is 1. The van der Waals surface area contributed by atoms with Crippen LogP contribution in [0.25, 0.3) is 6.08 Å². The minimum Gasteiger partial charge on any atom is -0.490 e. The number of anilines is 1. The van der Waals surface area contributed by atoms with Crippen LogP contribution in [-0.2, 0) is 4.79 Å². The highest BCUT2D eigenvalue weighted by atomic mass is 127. The Morgan fingerprint density at radius 3 is 2.70 bits per heavy atom. The lowest BCUT2D eigenvalue weighted by Crippen LogP contribution is -2.14. The molecular weight excluding hydrogens is 499 g/mol. The van der Waals surface area contributed by atoms with E-state index >= 15 is 0 Å². The molecule has 0 unspecified atom stereocenters. The molecule has 0 aliphatic rings. The summed E-state index contributed by atoms with van der Waals surface area (Å²) in [5.74, 6) is 1.54. The Balaban J connectivity index is 2.33. The van der Waals surface area contributed by atoms with Crippen molar-refractivity contribution < 1.29 is 24.2 Å². The van der Waals surface area contributed by atoms with E-state index in [-0.39, 0.29) is 23.4 Å². The highest BCUT2D eigenvalue weighted by molar-refractivity contribution is 14.1. The summed E-state index contributed by atoms with van der Waals surface area (Å²) in [4.78, 5) is 23.6. The third-order valence-electron chi connectivity index (χ3n) is 3.68. The van der Waals surface area contributed by atoms with Crippen LogP contribution < -0.4 is 14.8 Å². The minimum atomic E-state index is -1.12. The maximum Gasteiger partial charge on any atom is 0.335 e. The van der Waals surface area contributed by atoms with Crippen LogP contribution in [0.2, 0.25) is 0 Å². The maximum atomic E-state index is 12.5. The SMILES string of the molecule is C#CCOc1c(I)cc(/C=C(/C#N)C(=O)Nc2cccc(C(=O)O)c2)cc1OCC. The number of amides is 1. The number of carboxylic acids is 1. The van der Waals surface area contributed by atoms with Crippen LogP contribution in [0.15, 0.2) is 42.0 Å². The zero-order chi connectivity index (χ0) is 22.1. The van der Waals surface area contributed by atoms with E-state index in [1.165, 1.54) is 30.3 Å². The number of rotatable bonds is 8. The van der Waals surface area contributed by atoms with E-state index in [0.717, 1.165) is 0 Å². The topological polar surface area (TPSA) is 109 Å². The fourth-order valence-electron chi connectivity index (χ4n) is 2.43. The van der Waals surface area contributed by atoms with Gasteiger partial charge in [0.25, 0.3) is 5.91 Å². The number of terminal acetylenes is 1. The average Bonchev–Trinajstić information content (AvgIpc) is 2.71. The Morgan fingerprint density at radius 1 is 1.30 bits per heavy atom. The molecule has 2 N–H and O–H groups in total. The van der Waals surface area contributed by atoms with Crippen molar-refractivity contribution in [1.82, 2.24) is 0 Å². The van der Waals surface area contributed by atoms with Gasteiger partial charge in [-0.2, -0.15) is 5.26 Å². The second-order valence-electron chi connectivity index (χ2n) is 5.77. The van der Waals surface area contributed by atoms with Crippen molar-refractivity contribution in [2.75, 3.05) is 18.5 Å². The Labute approximate surface area is 187 Å². The van der Waals surface area contributed by atoms with Gasteiger partial charge in [-0.05, 0) is 71.5 Å². The molecule has 0 saturated heterocycles. The third-order valence-corrected chi connectivity index (χ3v) is 4.48. The lowest BCUT2D eigenvalue weighted by atomic mass is 10.1. The highest BCUT2D eigenvalue weighted by Gasteiger charge is 2.15. The van der Waals surface area contributed by atoms with Crippen LogP contribution in [0.5, 0.6) is 11.5 Å². The molecule has 30 heavy (non-hydrogen) atoms. The van der Waals surface area contributed by atoms with Crippen molar-refractivity contribution in [3.05, 3.63) is 56.7 Å². The summed E-state index contributed by atoms with van der Waals surface area (Å²) >= 11 is 2.05. The fraction of sp³-hybridized carbons (Fsp3) is 0.136. The van der Waals surface area contributed by atoms with E-state index in [1.807, 2.05) is 13.0 Å². The highest BCUT2D eigenvalue weighted by Crippen LogP contribution is 2.35. The van der Waals surface area contributed by atoms with E-state index < -0.39 is 11.9 Å². The molecule has 0 spiro atoms. The summed E-state index contributed by atoms with van der Waals surface area (Å²) in [5.41, 5.74) is 0.686. The predicted octanol–water partition coefficient (Wildman–Crippen LogP) is 3.95. The lowest BCUT2D eigenvalue weighted by Gasteiger charge is -2.13. The Morgan fingerprint density at radius 2 is 2.07 bits per heavy atom. The van der Waals surface area contributed by atoms with E-state index in [2.05, 4.69) is 33.8 Å². The van der Waals surface area contributed by atoms with Gasteiger partial charge < -0.3 is 19.9 Å². The number of carboxylic acid groups (broad SMARTS) is 1. The van der Waals surface area contributed by atoms with E-state index in [9.17, 15) is 14.9 Å². The molecule has 0 bridgehead atoms. The van der Waals surface area contributed by atoms with Gasteiger partial charge in [0.1, 0.15) is 18.2 Å². The number of hydrogen-bond acceptors (Lipinski definition) is 5. The summed E-state index contributed by atoms with van der Waals surface area (Å²) in [6.07, 6.45) is 6.65. The number of nitrogens with zero attached hydrogens (tertiary/aromatic N) is 1. The second kappa shape index (κ2) is 10.9. The van der Waals surface area contributed by atoms with Gasteiger partial charge in [0, 0.05) is 5.69 Å². The number of carbonyl (C=O) groups is 2. The summed E-state index contributed by atoms with van der Waals surface area (Å²) in [6, 6.07) is 11.0. The van der Waals surface area contributed by atoms with Crippen molar-refractivity contribution in [2.24, 2.45) is 0 Å². The van der Waals surface area contributed by atoms with Crippen molar-refractivity contribution in [3.63, 3.8) is 0 Å². The van der Waals surface area contributed by atoms with Crippen LogP contribution in [0.3, 0.4) is 0 Å². The zero-order valence-electron chi connectivity index (χ0n) is 15.9. The first-order valence-corrected chi connectivity index (χ1v) is 9.76. The van der Waals surface area contributed by atoms with Gasteiger partial charge in [-0.3, -0.25) is 4.79 Å². The number of ether oxygens (including phenoxy) is 2. The first kappa shape index (κ1) is 22.8. The molecular formula is C22H17IN2O5. The minimum absolute atomic E-state index is 0.0220. The van der Waals surface area contributed by atoms with Crippen LogP contribution in [-0.4, -0.2) is 30.2 Å². The second-order valence-corrected chi connectivity index (χ2v) is 6.93. The quantitative estimate of drug-likeness (QED) is 0.238. The van der Waals surface area contributed by atoms with Crippen molar-refractivity contribution in [3.8, 4) is 29.9 Å². The largest absolute Gasteiger partial charge is 0.490 e. The van der Waals surface area contributed by atoms with Gasteiger partial charge in [0.2, 0.25) is 0 Å². The summed E-state index contributed by atoms with van der Waals surface area (Å²) in [7, 11) is 0. The molecule has 1 amide bonds. The predicted molar refractivity (Wildman–Crippen MR) is 120 cm³/mol. The standard InChI is InChI=1S/C22H17IN2O5/c1-3-8-30-20-18(23)10-14(11-19(20)29-4-2)9-16(13-24)21(26)25-17-7-5-6-15(12-17)22(27)28/h1,5-7,9-12H,4,8H2,2H3,(H,25,26)(H,27,28)/b16-9-. The van der Waals surface area contributed by atoms with E-state index in [0.29, 0.717) is 27.2 Å². The Kier molecular flexibility index (Phi) is 8.27. The van der Waals surface area contributed by atoms with Gasteiger partial charge in [-0.15, -0.1) is 6.42 Å². The maximum absolute atomic E-state index is 12.5. The summed E-state index contributed by atoms with van der Waals surface area (Å²) in [6.45, 7) is 2.29. The molecule has 0 aromatic heterocycles. The monoisotopic (exact) mass is 516 g/mol. The smallest absolute Gasteiger partial charge is 0.335 e. The molecule has 8 heteroatoms. The fourth-order valence-corrected chi connectivity index (χ4v) is 3.21. The molecule has 0 saturated carbocycles. The number of carbonyl (C=O) groups excluding carboxylic acids is 1. The van der Waals surface area contributed by atoms with Crippen LogP contribution in [0.1, 0.15) is 22.8 Å². The summed E-state index contributed by atoms with van der Waals surface area (Å²) in [5, 5.41) is 21.0. The molecule has 2 rings (SSSR count). The van der Waals surface area contributed by atoms with Gasteiger partial charge in [0.15, 0.2) is 11.5 Å². The number of benzene rings is 2. The average molecular weight is 516 g/mol. The van der Waals surface area contributed by atoms with Gasteiger partial charge in [0.05, 0.1) is 15.7 Å². The van der Waals surface area contributed by atoms with Crippen molar-refractivity contribution >= 4 is 46.2 Å². The summed E-state index contributed by atoms with van der Waals surface area (Å²) < 4.78 is 11.8. The molecule has 0 radical (unpaired) electrons. The molecule has 0 aliphatic heterocycles. The molecule has 0 aliphatic carbocycles. The zero-order valence-corrected chi connectivity index (χ0v) is 18.1. The third kappa shape index (κ3) is 6.00. The van der Waals surface area contributed by atoms with E-state index in [4.69, 9.17) is 21.0 Å². The molecule has 0 atom stereocenters. The molecule has 0 heterocycles. The first-order chi connectivity index (χ1) is 14.4. The van der Waals surface area contributed by atoms with Crippen LogP contribution >= 0.6 is 22.6 Å². The number of halogens is 1. The lowest BCUT2D eigenvalue weighted by molar-refractivity contribution is -0.112.